The Balaban J connectivity index is 2.08. The van der Waals surface area contributed by atoms with Crippen molar-refractivity contribution in [3.05, 3.63) is 28.2 Å². The number of thioether (sulfide) groups is 1. The molecule has 1 aliphatic heterocycles. The number of nitrogens with one attached hydrogen (secondary N) is 1. The lowest BCUT2D eigenvalue weighted by atomic mass is 10.2. The predicted molar refractivity (Wildman–Crippen MR) is 73.0 cm³/mol. The van der Waals surface area contributed by atoms with Gasteiger partial charge in [0.1, 0.15) is 0 Å². The van der Waals surface area contributed by atoms with Crippen LogP contribution in [0, 0.1) is 6.92 Å². The molecule has 0 aromatic heterocycles. The van der Waals surface area contributed by atoms with Gasteiger partial charge in [-0.1, -0.05) is 22.0 Å². The van der Waals surface area contributed by atoms with Crippen LogP contribution >= 0.6 is 27.7 Å². The average molecular weight is 300 g/mol. The van der Waals surface area contributed by atoms with Crippen molar-refractivity contribution < 1.29 is 4.79 Å². The van der Waals surface area contributed by atoms with Crippen molar-refractivity contribution in [2.24, 2.45) is 0 Å². The molecular formula is C12H14BrNOS. The Bertz CT molecular complexity index is 402. The number of benzene rings is 1. The molecule has 0 spiro atoms. The standard InChI is InChI=1S/C12H14BrNOS/c1-8-9(13)4-2-5-10(8)14-12(15)11-6-3-7-16-11/h2,4-5,11H,3,6-7H2,1H3,(H,14,15). The normalized spacial score (nSPS) is 19.8. The van der Waals surface area contributed by atoms with Crippen LogP contribution in [0.4, 0.5) is 5.69 Å². The van der Waals surface area contributed by atoms with Gasteiger partial charge in [0.2, 0.25) is 5.91 Å². The third-order valence-corrected chi connectivity index (χ3v) is 4.98. The van der Waals surface area contributed by atoms with Crippen LogP contribution in [0.3, 0.4) is 0 Å². The summed E-state index contributed by atoms with van der Waals surface area (Å²) in [5.41, 5.74) is 1.99. The van der Waals surface area contributed by atoms with E-state index in [2.05, 4.69) is 21.2 Å². The maximum absolute atomic E-state index is 11.9. The monoisotopic (exact) mass is 299 g/mol. The largest absolute Gasteiger partial charge is 0.325 e. The molecule has 4 heteroatoms. The summed E-state index contributed by atoms with van der Waals surface area (Å²) in [4.78, 5) is 11.9. The van der Waals surface area contributed by atoms with E-state index in [0.717, 1.165) is 34.3 Å². The van der Waals surface area contributed by atoms with Crippen LogP contribution in [0.5, 0.6) is 0 Å². The molecule has 1 aromatic carbocycles. The van der Waals surface area contributed by atoms with Gasteiger partial charge in [-0.15, -0.1) is 11.8 Å². The summed E-state index contributed by atoms with van der Waals surface area (Å²) in [5.74, 6) is 1.25. The number of amides is 1. The zero-order valence-electron chi connectivity index (χ0n) is 9.13. The molecule has 1 unspecified atom stereocenters. The van der Waals surface area contributed by atoms with Crippen molar-refractivity contribution in [2.45, 2.75) is 25.0 Å². The molecule has 1 aliphatic rings. The first kappa shape index (κ1) is 12.0. The fraction of sp³-hybridized carbons (Fsp3) is 0.417. The second-order valence-corrected chi connectivity index (χ2v) is 6.07. The van der Waals surface area contributed by atoms with Gasteiger partial charge in [-0.25, -0.2) is 0 Å². The summed E-state index contributed by atoms with van der Waals surface area (Å²) in [6.07, 6.45) is 2.16. The second-order valence-electron chi connectivity index (χ2n) is 3.90. The number of hydrogen-bond acceptors (Lipinski definition) is 2. The molecule has 1 fully saturated rings. The Morgan fingerprint density at radius 3 is 3.06 bits per heavy atom. The van der Waals surface area contributed by atoms with Crippen molar-refractivity contribution in [1.82, 2.24) is 0 Å². The lowest BCUT2D eigenvalue weighted by Crippen LogP contribution is -2.23. The second kappa shape index (κ2) is 5.23. The van der Waals surface area contributed by atoms with Crippen LogP contribution in [0.15, 0.2) is 22.7 Å². The molecular weight excluding hydrogens is 286 g/mol. The Morgan fingerprint density at radius 2 is 2.38 bits per heavy atom. The summed E-state index contributed by atoms with van der Waals surface area (Å²) in [7, 11) is 0. The van der Waals surface area contributed by atoms with E-state index in [9.17, 15) is 4.79 Å². The number of carbonyl (C=O) groups is 1. The van der Waals surface area contributed by atoms with Gasteiger partial charge in [0.25, 0.3) is 0 Å². The highest BCUT2D eigenvalue weighted by atomic mass is 79.9. The third kappa shape index (κ3) is 2.61. The maximum Gasteiger partial charge on any atom is 0.237 e. The molecule has 0 saturated carbocycles. The van der Waals surface area contributed by atoms with Crippen LogP contribution < -0.4 is 5.32 Å². The highest BCUT2D eigenvalue weighted by Crippen LogP contribution is 2.29. The van der Waals surface area contributed by atoms with Gasteiger partial charge in [0.15, 0.2) is 0 Å². The van der Waals surface area contributed by atoms with Gasteiger partial charge in [0, 0.05) is 10.2 Å². The lowest BCUT2D eigenvalue weighted by molar-refractivity contribution is -0.115. The third-order valence-electron chi connectivity index (χ3n) is 2.75. The molecule has 86 valence electrons. The molecule has 1 heterocycles. The minimum Gasteiger partial charge on any atom is -0.325 e. The Kier molecular flexibility index (Phi) is 3.92. The van der Waals surface area contributed by atoms with E-state index >= 15 is 0 Å². The minimum atomic E-state index is 0.137. The first-order valence-electron chi connectivity index (χ1n) is 5.36. The van der Waals surface area contributed by atoms with E-state index in [1.54, 1.807) is 11.8 Å². The molecule has 16 heavy (non-hydrogen) atoms. The smallest absolute Gasteiger partial charge is 0.237 e. The maximum atomic E-state index is 11.9. The molecule has 1 atom stereocenters. The van der Waals surface area contributed by atoms with E-state index in [1.807, 2.05) is 25.1 Å². The van der Waals surface area contributed by atoms with Crippen LogP contribution in [0.25, 0.3) is 0 Å². The van der Waals surface area contributed by atoms with Crippen LogP contribution in [-0.2, 0) is 4.79 Å². The zero-order chi connectivity index (χ0) is 11.5. The van der Waals surface area contributed by atoms with E-state index in [-0.39, 0.29) is 11.2 Å². The average Bonchev–Trinajstić information content (AvgIpc) is 2.78. The topological polar surface area (TPSA) is 29.1 Å². The van der Waals surface area contributed by atoms with Crippen LogP contribution in [0.2, 0.25) is 0 Å². The lowest BCUT2D eigenvalue weighted by Gasteiger charge is -2.12. The fourth-order valence-electron chi connectivity index (χ4n) is 1.74. The molecule has 1 amide bonds. The highest BCUT2D eigenvalue weighted by Gasteiger charge is 2.23. The van der Waals surface area contributed by atoms with Crippen molar-refractivity contribution in [1.29, 1.82) is 0 Å². The van der Waals surface area contributed by atoms with Gasteiger partial charge in [-0.05, 0) is 43.2 Å². The molecule has 1 N–H and O–H groups in total. The van der Waals surface area contributed by atoms with Crippen molar-refractivity contribution >= 4 is 39.3 Å². The molecule has 0 radical (unpaired) electrons. The first-order chi connectivity index (χ1) is 7.68. The van der Waals surface area contributed by atoms with Gasteiger partial charge in [0.05, 0.1) is 5.25 Å². The van der Waals surface area contributed by atoms with E-state index in [1.165, 1.54) is 0 Å². The van der Waals surface area contributed by atoms with Crippen molar-refractivity contribution in [2.75, 3.05) is 11.1 Å². The molecule has 1 saturated heterocycles. The van der Waals surface area contributed by atoms with Crippen LogP contribution in [0.1, 0.15) is 18.4 Å². The molecule has 1 aromatic rings. The van der Waals surface area contributed by atoms with Gasteiger partial charge in [-0.2, -0.15) is 0 Å². The molecule has 2 nitrogen and oxygen atoms in total. The SMILES string of the molecule is Cc1c(Br)cccc1NC(=O)C1CCCS1. The van der Waals surface area contributed by atoms with Crippen molar-refractivity contribution in [3.63, 3.8) is 0 Å². The minimum absolute atomic E-state index is 0.137. The van der Waals surface area contributed by atoms with E-state index < -0.39 is 0 Å². The first-order valence-corrected chi connectivity index (χ1v) is 7.20. The van der Waals surface area contributed by atoms with Gasteiger partial charge < -0.3 is 5.32 Å². The number of hydrogen-bond donors (Lipinski definition) is 1. The van der Waals surface area contributed by atoms with Gasteiger partial charge in [-0.3, -0.25) is 4.79 Å². The highest BCUT2D eigenvalue weighted by molar-refractivity contribution is 9.10. The Hall–Kier alpha value is -0.480. The summed E-state index contributed by atoms with van der Waals surface area (Å²) in [6.45, 7) is 2.00. The summed E-state index contributed by atoms with van der Waals surface area (Å²) >= 11 is 5.22. The number of halogens is 1. The number of anilines is 1. The van der Waals surface area contributed by atoms with E-state index in [4.69, 9.17) is 0 Å². The molecule has 2 rings (SSSR count). The Labute approximate surface area is 108 Å². The van der Waals surface area contributed by atoms with Crippen LogP contribution in [-0.4, -0.2) is 16.9 Å². The molecule has 0 bridgehead atoms. The zero-order valence-corrected chi connectivity index (χ0v) is 11.5. The fourth-order valence-corrected chi connectivity index (χ4v) is 3.27. The summed E-state index contributed by atoms with van der Waals surface area (Å²) < 4.78 is 1.03. The Morgan fingerprint density at radius 1 is 1.56 bits per heavy atom. The van der Waals surface area contributed by atoms with Crippen molar-refractivity contribution in [3.8, 4) is 0 Å². The summed E-state index contributed by atoms with van der Waals surface area (Å²) in [5, 5.41) is 3.14. The van der Waals surface area contributed by atoms with Gasteiger partial charge >= 0.3 is 0 Å². The molecule has 0 aliphatic carbocycles. The predicted octanol–water partition coefficient (Wildman–Crippen LogP) is 3.59. The van der Waals surface area contributed by atoms with E-state index in [0.29, 0.717) is 0 Å². The number of rotatable bonds is 2. The quantitative estimate of drug-likeness (QED) is 0.904. The summed E-state index contributed by atoms with van der Waals surface area (Å²) in [6, 6.07) is 5.86. The number of carbonyl (C=O) groups excluding carboxylic acids is 1.